The van der Waals surface area contributed by atoms with E-state index in [0.29, 0.717) is 25.9 Å². The number of hydrogen-bond donors (Lipinski definition) is 3. The second-order valence-corrected chi connectivity index (χ2v) is 13.6. The van der Waals surface area contributed by atoms with Crippen molar-refractivity contribution in [2.75, 3.05) is 19.7 Å². The van der Waals surface area contributed by atoms with E-state index in [2.05, 4.69) is 18.2 Å². The van der Waals surface area contributed by atoms with Crippen molar-refractivity contribution in [2.24, 2.45) is 28.6 Å². The molecule has 0 aromatic rings. The first-order chi connectivity index (χ1) is 18.9. The molecule has 9 atom stereocenters. The molecule has 3 saturated carbocycles. The molecule has 0 bridgehead atoms. The van der Waals surface area contributed by atoms with E-state index in [9.17, 15) is 20.1 Å². The summed E-state index contributed by atoms with van der Waals surface area (Å²) in [6.45, 7) is 7.31. The van der Waals surface area contributed by atoms with E-state index >= 15 is 8.78 Å². The SMILES string of the molecule is CCC(O)/C=C1/[C@@H](F)C[C@H]2[C@@H]3C[C@H]4CN(CCCC5=CCCC=C5)O[C@@]4(C(=O)CO)[C@@]3(C)C[C@H](O)[C@]2(F)C1(C)C. The van der Waals surface area contributed by atoms with Crippen molar-refractivity contribution in [2.45, 2.75) is 109 Å². The third kappa shape index (κ3) is 4.23. The number of halogens is 2. The number of hydrogen-bond acceptors (Lipinski definition) is 6. The predicted molar refractivity (Wildman–Crippen MR) is 149 cm³/mol. The van der Waals surface area contributed by atoms with Crippen molar-refractivity contribution in [3.8, 4) is 0 Å². The zero-order chi connectivity index (χ0) is 29.1. The van der Waals surface area contributed by atoms with E-state index in [1.807, 2.05) is 12.0 Å². The predicted octanol–water partition coefficient (Wildman–Crippen LogP) is 4.79. The second-order valence-electron chi connectivity index (χ2n) is 13.6. The van der Waals surface area contributed by atoms with Crippen molar-refractivity contribution in [3.05, 3.63) is 35.5 Å². The summed E-state index contributed by atoms with van der Waals surface area (Å²) in [6, 6.07) is 0. The molecule has 5 rings (SSSR count). The van der Waals surface area contributed by atoms with Gasteiger partial charge >= 0.3 is 0 Å². The third-order valence-electron chi connectivity index (χ3n) is 11.4. The van der Waals surface area contributed by atoms with Gasteiger partial charge in [-0.1, -0.05) is 57.6 Å². The summed E-state index contributed by atoms with van der Waals surface area (Å²) in [7, 11) is 0. The molecule has 0 radical (unpaired) electrons. The summed E-state index contributed by atoms with van der Waals surface area (Å²) in [5.41, 5.74) is -4.35. The van der Waals surface area contributed by atoms with Crippen molar-refractivity contribution < 1.29 is 33.7 Å². The average molecular weight is 564 g/mol. The van der Waals surface area contributed by atoms with E-state index in [1.54, 1.807) is 20.8 Å². The van der Waals surface area contributed by atoms with Crippen LogP contribution in [0.25, 0.3) is 0 Å². The highest BCUT2D eigenvalue weighted by molar-refractivity contribution is 5.90. The molecule has 0 amide bonds. The molecule has 1 aliphatic heterocycles. The number of nitrogens with zero attached hydrogens (tertiary/aromatic N) is 1. The average Bonchev–Trinajstić information content (AvgIpc) is 3.41. The van der Waals surface area contributed by atoms with Crippen LogP contribution in [0, 0.1) is 28.6 Å². The van der Waals surface area contributed by atoms with Crippen LogP contribution in [-0.4, -0.2) is 75.5 Å². The lowest BCUT2D eigenvalue weighted by atomic mass is 9.45. The van der Waals surface area contributed by atoms with Gasteiger partial charge in [-0.05, 0) is 62.9 Å². The first-order valence-corrected chi connectivity index (χ1v) is 15.2. The third-order valence-corrected chi connectivity index (χ3v) is 11.4. The Morgan fingerprint density at radius 3 is 2.65 bits per heavy atom. The second kappa shape index (κ2) is 10.7. The highest BCUT2D eigenvalue weighted by Crippen LogP contribution is 2.72. The minimum absolute atomic E-state index is 0.0254. The fourth-order valence-electron chi connectivity index (χ4n) is 9.32. The largest absolute Gasteiger partial charge is 0.390 e. The molecule has 6 nitrogen and oxygen atoms in total. The van der Waals surface area contributed by atoms with Gasteiger partial charge in [-0.2, -0.15) is 5.06 Å². The molecule has 40 heavy (non-hydrogen) atoms. The molecule has 5 aliphatic rings. The number of carbonyl (C=O) groups excluding carboxylic acids is 1. The minimum Gasteiger partial charge on any atom is -0.390 e. The molecule has 0 aromatic carbocycles. The van der Waals surface area contributed by atoms with Crippen molar-refractivity contribution in [3.63, 3.8) is 0 Å². The normalized spacial score (nSPS) is 44.2. The highest BCUT2D eigenvalue weighted by Gasteiger charge is 2.79. The summed E-state index contributed by atoms with van der Waals surface area (Å²) in [6.07, 6.45) is 8.78. The fraction of sp³-hybridized carbons (Fsp3) is 0.781. The number of aliphatic hydroxyl groups is 3. The maximum atomic E-state index is 17.4. The lowest BCUT2D eigenvalue weighted by molar-refractivity contribution is -0.269. The first kappa shape index (κ1) is 30.0. The Morgan fingerprint density at radius 1 is 1.25 bits per heavy atom. The Morgan fingerprint density at radius 2 is 2.00 bits per heavy atom. The molecule has 224 valence electrons. The molecule has 8 heteroatoms. The van der Waals surface area contributed by atoms with Crippen molar-refractivity contribution in [1.29, 1.82) is 0 Å². The maximum Gasteiger partial charge on any atom is 0.192 e. The zero-order valence-corrected chi connectivity index (χ0v) is 24.4. The summed E-state index contributed by atoms with van der Waals surface area (Å²) in [5.74, 6) is -1.97. The Kier molecular flexibility index (Phi) is 8.01. The highest BCUT2D eigenvalue weighted by atomic mass is 19.1. The summed E-state index contributed by atoms with van der Waals surface area (Å²) < 4.78 is 33.3. The van der Waals surface area contributed by atoms with Crippen molar-refractivity contribution in [1.82, 2.24) is 5.06 Å². The lowest BCUT2D eigenvalue weighted by Gasteiger charge is -2.63. The van der Waals surface area contributed by atoms with Gasteiger partial charge in [0.2, 0.25) is 0 Å². The van der Waals surface area contributed by atoms with Crippen molar-refractivity contribution >= 4 is 5.78 Å². The van der Waals surface area contributed by atoms with Crippen LogP contribution in [0.5, 0.6) is 0 Å². The van der Waals surface area contributed by atoms with E-state index in [0.717, 1.165) is 25.7 Å². The molecule has 1 heterocycles. The number of rotatable bonds is 8. The maximum absolute atomic E-state index is 17.4. The Labute approximate surface area is 237 Å². The van der Waals surface area contributed by atoms with Crippen LogP contribution in [0.2, 0.25) is 0 Å². The standard InChI is InChI=1S/C32H47F2NO5/c1-5-22(37)15-25-26(33)16-24-23-14-21-18-35(13-9-12-20-10-7-6-8-11-20)40-32(21,28(39)19-36)30(23,4)17-27(38)31(24,34)29(25,2)3/h7,10-11,15,21-24,26-27,36-38H,5-6,8-9,12-14,16-19H2,1-4H3/b25-15-/t21-,22?,23-,24-,26-,27-,30-,31-,32-/m0/s1. The molecule has 0 spiro atoms. The number of alkyl halides is 2. The quantitative estimate of drug-likeness (QED) is 0.368. The topological polar surface area (TPSA) is 90.2 Å². The molecular formula is C32H47F2NO5. The number of allylic oxidation sites excluding steroid dienone is 5. The van der Waals surface area contributed by atoms with Crippen LogP contribution in [0.1, 0.15) is 79.1 Å². The van der Waals surface area contributed by atoms with E-state index in [4.69, 9.17) is 4.84 Å². The van der Waals surface area contributed by atoms with Gasteiger partial charge in [-0.15, -0.1) is 0 Å². The first-order valence-electron chi connectivity index (χ1n) is 15.2. The number of Topliss-reactive ketones (excluding diaryl/α,β-unsaturated/α-hetero) is 1. The molecule has 3 N–H and O–H groups in total. The van der Waals surface area contributed by atoms with Crippen LogP contribution in [0.15, 0.2) is 35.5 Å². The van der Waals surface area contributed by atoms with Crippen LogP contribution in [0.3, 0.4) is 0 Å². The number of ketones is 1. The monoisotopic (exact) mass is 563 g/mol. The van der Waals surface area contributed by atoms with Gasteiger partial charge in [-0.25, -0.2) is 8.78 Å². The smallest absolute Gasteiger partial charge is 0.192 e. The molecule has 1 unspecified atom stereocenters. The molecule has 1 saturated heterocycles. The van der Waals surface area contributed by atoms with E-state index in [1.165, 1.54) is 11.6 Å². The van der Waals surface area contributed by atoms with Crippen LogP contribution >= 0.6 is 0 Å². The molecular weight excluding hydrogens is 516 g/mol. The van der Waals surface area contributed by atoms with E-state index < -0.39 is 64.7 Å². The Balaban J connectivity index is 1.44. The Bertz CT molecular complexity index is 1090. The molecule has 0 aromatic heterocycles. The lowest BCUT2D eigenvalue weighted by Crippen LogP contribution is -2.70. The molecule has 4 aliphatic carbocycles. The van der Waals surface area contributed by atoms with E-state index in [-0.39, 0.29) is 24.3 Å². The van der Waals surface area contributed by atoms with Gasteiger partial charge in [0.1, 0.15) is 18.4 Å². The van der Waals surface area contributed by atoms with Crippen LogP contribution in [0.4, 0.5) is 8.78 Å². The van der Waals surface area contributed by atoms with Crippen LogP contribution in [-0.2, 0) is 9.63 Å². The van der Waals surface area contributed by atoms with Gasteiger partial charge in [0.05, 0.1) is 12.2 Å². The minimum atomic E-state index is -2.14. The number of aliphatic hydroxyl groups excluding tert-OH is 3. The summed E-state index contributed by atoms with van der Waals surface area (Å²) in [5, 5.41) is 33.8. The van der Waals surface area contributed by atoms with Crippen LogP contribution < -0.4 is 0 Å². The zero-order valence-electron chi connectivity index (χ0n) is 24.4. The van der Waals surface area contributed by atoms with Gasteiger partial charge < -0.3 is 15.3 Å². The Hall–Kier alpha value is -1.45. The molecule has 4 fully saturated rings. The summed E-state index contributed by atoms with van der Waals surface area (Å²) >= 11 is 0. The number of carbonyl (C=O) groups is 1. The number of hydroxylamine groups is 2. The fourth-order valence-corrected chi connectivity index (χ4v) is 9.32. The summed E-state index contributed by atoms with van der Waals surface area (Å²) in [4.78, 5) is 20.1. The van der Waals surface area contributed by atoms with Gasteiger partial charge in [-0.3, -0.25) is 9.63 Å². The number of fused-ring (bicyclic) bond motifs is 5. The van der Waals surface area contributed by atoms with Gasteiger partial charge in [0.15, 0.2) is 11.4 Å². The van der Waals surface area contributed by atoms with Gasteiger partial charge in [0.25, 0.3) is 0 Å². The van der Waals surface area contributed by atoms with Gasteiger partial charge in [0, 0.05) is 35.8 Å².